The quantitative estimate of drug-likeness (QED) is 0.255. The van der Waals surface area contributed by atoms with Crippen LogP contribution in [0, 0.1) is 5.21 Å². The van der Waals surface area contributed by atoms with Gasteiger partial charge in [-0.1, -0.05) is 49.5 Å². The molecule has 0 aliphatic carbocycles. The summed E-state index contributed by atoms with van der Waals surface area (Å²) in [6.07, 6.45) is 3.40. The van der Waals surface area contributed by atoms with E-state index in [-0.39, 0.29) is 10.9 Å². The van der Waals surface area contributed by atoms with E-state index in [9.17, 15) is 5.21 Å². The molecule has 0 amide bonds. The van der Waals surface area contributed by atoms with Crippen molar-refractivity contribution >= 4 is 34.5 Å². The molecule has 1 saturated heterocycles. The number of hydrogen-bond donors (Lipinski definition) is 0. The molecule has 1 aromatic rings. The molecule has 0 bridgehead atoms. The average molecular weight is 353 g/mol. The van der Waals surface area contributed by atoms with Crippen LogP contribution >= 0.6 is 24.0 Å². The van der Waals surface area contributed by atoms with E-state index in [2.05, 4.69) is 25.7 Å². The second-order valence-electron chi connectivity index (χ2n) is 6.12. The molecule has 1 aliphatic heterocycles. The van der Waals surface area contributed by atoms with E-state index in [1.54, 1.807) is 25.1 Å². The second kappa shape index (κ2) is 7.53. The lowest BCUT2D eigenvalue weighted by atomic mass is 10.1. The van der Waals surface area contributed by atoms with E-state index in [0.29, 0.717) is 5.75 Å². The first-order valence-electron chi connectivity index (χ1n) is 7.83. The summed E-state index contributed by atoms with van der Waals surface area (Å²) in [5.41, 5.74) is 0.777. The van der Waals surface area contributed by atoms with Gasteiger partial charge in [0.1, 0.15) is 14.8 Å². The molecule has 1 fully saturated rings. The first-order chi connectivity index (χ1) is 10.9. The fourth-order valence-electron chi connectivity index (χ4n) is 2.78. The maximum atomic E-state index is 12.9. The zero-order valence-electron chi connectivity index (χ0n) is 14.1. The Morgan fingerprint density at radius 3 is 2.78 bits per heavy atom. The third-order valence-corrected chi connectivity index (χ3v) is 5.53. The van der Waals surface area contributed by atoms with Crippen LogP contribution in [-0.4, -0.2) is 44.7 Å². The van der Waals surface area contributed by atoms with Crippen molar-refractivity contribution in [3.8, 4) is 5.75 Å². The maximum Gasteiger partial charge on any atom is 0.254 e. The van der Waals surface area contributed by atoms with Crippen LogP contribution in [0.3, 0.4) is 0 Å². The summed E-state index contributed by atoms with van der Waals surface area (Å²) in [5.74, 6) is 0.694. The molecular weight excluding hydrogens is 328 g/mol. The Morgan fingerprint density at radius 2 is 2.13 bits per heavy atom. The Labute approximate surface area is 148 Å². The van der Waals surface area contributed by atoms with Crippen LogP contribution < -0.4 is 4.74 Å². The Kier molecular flexibility index (Phi) is 5.92. The Balaban J connectivity index is 2.35. The van der Waals surface area contributed by atoms with Crippen LogP contribution in [-0.2, 0) is 0 Å². The van der Waals surface area contributed by atoms with Gasteiger partial charge in [-0.3, -0.25) is 4.90 Å². The summed E-state index contributed by atoms with van der Waals surface area (Å²) in [7, 11) is 1.61. The lowest BCUT2D eigenvalue weighted by Crippen LogP contribution is -2.48. The SMILES string of the molecule is CCCCN1C(=S)SC(C)(C)[C@H]1/[N+]([O-])=C/c1ccccc1OC. The van der Waals surface area contributed by atoms with Gasteiger partial charge in [0, 0.05) is 6.54 Å². The van der Waals surface area contributed by atoms with Crippen molar-refractivity contribution in [1.29, 1.82) is 0 Å². The van der Waals surface area contributed by atoms with Crippen LogP contribution in [0.2, 0.25) is 0 Å². The van der Waals surface area contributed by atoms with Gasteiger partial charge in [0.05, 0.1) is 12.7 Å². The first kappa shape index (κ1) is 18.1. The fraction of sp³-hybridized carbons (Fsp3) is 0.529. The number of hydroxylamine groups is 1. The number of thioether (sulfide) groups is 1. The highest BCUT2D eigenvalue weighted by Gasteiger charge is 2.50. The highest BCUT2D eigenvalue weighted by atomic mass is 32.2. The Bertz CT molecular complexity index is 602. The van der Waals surface area contributed by atoms with Crippen LogP contribution in [0.1, 0.15) is 39.2 Å². The molecule has 0 saturated carbocycles. The molecule has 6 heteroatoms. The summed E-state index contributed by atoms with van der Waals surface area (Å²) in [6, 6.07) is 7.53. The average Bonchev–Trinajstić information content (AvgIpc) is 2.74. The number of rotatable bonds is 6. The molecule has 1 heterocycles. The Hall–Kier alpha value is -1.27. The molecule has 4 nitrogen and oxygen atoms in total. The molecule has 0 unspecified atom stereocenters. The third kappa shape index (κ3) is 3.98. The van der Waals surface area contributed by atoms with Crippen molar-refractivity contribution < 1.29 is 9.48 Å². The van der Waals surface area contributed by atoms with E-state index in [0.717, 1.165) is 34.0 Å². The molecule has 1 atom stereocenters. The van der Waals surface area contributed by atoms with Crippen molar-refractivity contribution in [1.82, 2.24) is 4.90 Å². The Morgan fingerprint density at radius 1 is 1.43 bits per heavy atom. The number of nitrogens with zero attached hydrogens (tertiary/aromatic N) is 2. The summed E-state index contributed by atoms with van der Waals surface area (Å²) in [5, 5.41) is 12.9. The van der Waals surface area contributed by atoms with Crippen molar-refractivity contribution in [3.05, 3.63) is 35.0 Å². The summed E-state index contributed by atoms with van der Waals surface area (Å²) >= 11 is 7.10. The lowest BCUT2D eigenvalue weighted by Gasteiger charge is -2.29. The summed E-state index contributed by atoms with van der Waals surface area (Å²) in [4.78, 5) is 2.06. The highest BCUT2D eigenvalue weighted by Crippen LogP contribution is 2.41. The number of hydrogen-bond acceptors (Lipinski definition) is 4. The molecule has 2 rings (SSSR count). The van der Waals surface area contributed by atoms with E-state index in [1.807, 2.05) is 24.3 Å². The minimum absolute atomic E-state index is 0.259. The molecule has 1 aromatic carbocycles. The predicted octanol–water partition coefficient (Wildman–Crippen LogP) is 3.86. The molecular formula is C17H24N2O2S2. The van der Waals surface area contributed by atoms with Gasteiger partial charge in [-0.25, -0.2) is 0 Å². The van der Waals surface area contributed by atoms with Crippen LogP contribution in [0.5, 0.6) is 5.75 Å². The van der Waals surface area contributed by atoms with Gasteiger partial charge in [-0.2, -0.15) is 4.74 Å². The van der Waals surface area contributed by atoms with Crippen LogP contribution in [0.25, 0.3) is 0 Å². The van der Waals surface area contributed by atoms with Gasteiger partial charge in [-0.15, -0.1) is 0 Å². The lowest BCUT2D eigenvalue weighted by molar-refractivity contribution is -0.523. The molecule has 1 aliphatic rings. The van der Waals surface area contributed by atoms with Gasteiger partial charge in [0.15, 0.2) is 6.21 Å². The number of benzene rings is 1. The molecule has 126 valence electrons. The van der Waals surface area contributed by atoms with E-state index < -0.39 is 0 Å². The molecule has 23 heavy (non-hydrogen) atoms. The van der Waals surface area contributed by atoms with E-state index in [1.165, 1.54) is 0 Å². The predicted molar refractivity (Wildman–Crippen MR) is 101 cm³/mol. The smallest absolute Gasteiger partial charge is 0.254 e. The van der Waals surface area contributed by atoms with Crippen molar-refractivity contribution in [2.24, 2.45) is 0 Å². The largest absolute Gasteiger partial charge is 0.622 e. The number of para-hydroxylation sites is 1. The summed E-state index contributed by atoms with van der Waals surface area (Å²) < 4.78 is 6.91. The number of ether oxygens (including phenoxy) is 1. The normalized spacial score (nSPS) is 20.9. The van der Waals surface area contributed by atoms with Gasteiger partial charge in [-0.05, 0) is 32.4 Å². The zero-order chi connectivity index (χ0) is 17.0. The van der Waals surface area contributed by atoms with Gasteiger partial charge in [0.25, 0.3) is 6.17 Å². The van der Waals surface area contributed by atoms with E-state index >= 15 is 0 Å². The number of unbranched alkanes of at least 4 members (excludes halogenated alkanes) is 1. The first-order valence-corrected chi connectivity index (χ1v) is 9.06. The number of thiocarbonyl (C=S) groups is 1. The highest BCUT2D eigenvalue weighted by molar-refractivity contribution is 8.24. The fourth-order valence-corrected chi connectivity index (χ4v) is 4.71. The van der Waals surface area contributed by atoms with Gasteiger partial charge in [0.2, 0.25) is 0 Å². The molecule has 0 aromatic heterocycles. The topological polar surface area (TPSA) is 38.5 Å². The van der Waals surface area contributed by atoms with Gasteiger partial charge < -0.3 is 9.94 Å². The number of methoxy groups -OCH3 is 1. The molecule has 0 N–H and O–H groups in total. The molecule has 0 radical (unpaired) electrons. The second-order valence-corrected chi connectivity index (χ2v) is 8.41. The van der Waals surface area contributed by atoms with Crippen molar-refractivity contribution in [3.63, 3.8) is 0 Å². The monoisotopic (exact) mass is 352 g/mol. The standard InChI is InChI=1S/C17H24N2O2S2/c1-5-6-11-18-15(17(2,3)23-16(18)22)19(20)12-13-9-7-8-10-14(13)21-4/h7-10,12,15H,5-6,11H2,1-4H3/b19-12-/t15-/m1/s1. The van der Waals surface area contributed by atoms with E-state index in [4.69, 9.17) is 17.0 Å². The zero-order valence-corrected chi connectivity index (χ0v) is 15.7. The van der Waals surface area contributed by atoms with Crippen molar-refractivity contribution in [2.45, 2.75) is 44.5 Å². The van der Waals surface area contributed by atoms with Gasteiger partial charge >= 0.3 is 0 Å². The van der Waals surface area contributed by atoms with Crippen molar-refractivity contribution in [2.75, 3.05) is 13.7 Å². The summed E-state index contributed by atoms with van der Waals surface area (Å²) in [6.45, 7) is 7.10. The van der Waals surface area contributed by atoms with Crippen LogP contribution in [0.4, 0.5) is 0 Å². The third-order valence-electron chi connectivity index (χ3n) is 3.90. The maximum absolute atomic E-state index is 12.9. The minimum atomic E-state index is -0.309. The minimum Gasteiger partial charge on any atom is -0.622 e. The molecule has 0 spiro atoms. The van der Waals surface area contributed by atoms with Crippen LogP contribution in [0.15, 0.2) is 24.3 Å².